The fourth-order valence-electron chi connectivity index (χ4n) is 2.87. The van der Waals surface area contributed by atoms with E-state index < -0.39 is 15.6 Å². The van der Waals surface area contributed by atoms with Gasteiger partial charge < -0.3 is 5.73 Å². The molecule has 0 spiro atoms. The molecule has 1 heterocycles. The van der Waals surface area contributed by atoms with Gasteiger partial charge in [0.15, 0.2) is 0 Å². The topological polar surface area (TPSA) is 92.8 Å². The minimum absolute atomic E-state index is 0.0155. The first-order chi connectivity index (χ1) is 10.7. The van der Waals surface area contributed by atoms with Gasteiger partial charge in [-0.05, 0) is 30.9 Å². The zero-order valence-corrected chi connectivity index (χ0v) is 14.1. The monoisotopic (exact) mass is 335 g/mol. The third-order valence-electron chi connectivity index (χ3n) is 4.52. The smallest absolute Gasteiger partial charge is 0.239 e. The normalized spacial score (nSPS) is 26.7. The molecule has 0 saturated heterocycles. The summed E-state index contributed by atoms with van der Waals surface area (Å²) in [5.41, 5.74) is 6.50. The Balaban J connectivity index is 1.93. The zero-order valence-electron chi connectivity index (χ0n) is 13.3. The molecule has 0 radical (unpaired) electrons. The van der Waals surface area contributed by atoms with Gasteiger partial charge >= 0.3 is 0 Å². The van der Waals surface area contributed by atoms with E-state index in [0.717, 1.165) is 28.3 Å². The summed E-state index contributed by atoms with van der Waals surface area (Å²) < 4.78 is 25.5. The summed E-state index contributed by atoms with van der Waals surface area (Å²) in [6, 6.07) is 7.44. The predicted molar refractivity (Wildman–Crippen MR) is 88.4 cm³/mol. The number of ketones is 1. The van der Waals surface area contributed by atoms with E-state index in [2.05, 4.69) is 4.99 Å². The van der Waals surface area contributed by atoms with Gasteiger partial charge in [-0.1, -0.05) is 24.3 Å². The Morgan fingerprint density at radius 2 is 2.13 bits per heavy atom. The van der Waals surface area contributed by atoms with E-state index in [-0.39, 0.29) is 23.4 Å². The van der Waals surface area contributed by atoms with Crippen molar-refractivity contribution in [2.45, 2.75) is 31.7 Å². The number of hydrogen-bond donors (Lipinski definition) is 1. The second kappa shape index (κ2) is 5.33. The Kier molecular flexibility index (Phi) is 3.71. The van der Waals surface area contributed by atoms with Crippen LogP contribution in [0.4, 0.5) is 0 Å². The minimum Gasteiger partial charge on any atom is -0.369 e. The van der Waals surface area contributed by atoms with Crippen LogP contribution in [0.2, 0.25) is 0 Å². The van der Waals surface area contributed by atoms with Gasteiger partial charge in [0.1, 0.15) is 11.3 Å². The van der Waals surface area contributed by atoms with E-state index >= 15 is 0 Å². The highest BCUT2D eigenvalue weighted by Gasteiger charge is 2.40. The van der Waals surface area contributed by atoms with Crippen molar-refractivity contribution in [1.82, 2.24) is 4.31 Å². The minimum atomic E-state index is -3.50. The Labute approximate surface area is 136 Å². The van der Waals surface area contributed by atoms with E-state index in [1.807, 2.05) is 24.3 Å². The molecule has 23 heavy (non-hydrogen) atoms. The van der Waals surface area contributed by atoms with Crippen LogP contribution in [0.25, 0.3) is 0 Å². The molecule has 6 nitrogen and oxygen atoms in total. The van der Waals surface area contributed by atoms with Gasteiger partial charge in [0, 0.05) is 19.4 Å². The largest absolute Gasteiger partial charge is 0.369 e. The average molecular weight is 335 g/mol. The lowest BCUT2D eigenvalue weighted by atomic mass is 9.92. The lowest BCUT2D eigenvalue weighted by Gasteiger charge is -2.34. The molecule has 1 fully saturated rings. The standard InChI is InChI=1S/C16H21N3O3S/c1-16(10-23(21,22)19(2)15(17)18-16)13-5-3-4-11(8-13)9-14(20)12-6-7-12/h3-5,8,12H,6-7,9-10H2,1-2H3,(H2,17,18)/t16-/m0/s1. The van der Waals surface area contributed by atoms with Crippen molar-refractivity contribution < 1.29 is 13.2 Å². The summed E-state index contributed by atoms with van der Waals surface area (Å²) in [5, 5.41) is 0. The Bertz CT molecular complexity index is 784. The highest BCUT2D eigenvalue weighted by molar-refractivity contribution is 7.89. The quantitative estimate of drug-likeness (QED) is 0.889. The van der Waals surface area contributed by atoms with Gasteiger partial charge in [-0.15, -0.1) is 0 Å². The molecule has 0 amide bonds. The van der Waals surface area contributed by atoms with Gasteiger partial charge in [0.2, 0.25) is 16.0 Å². The van der Waals surface area contributed by atoms with E-state index in [1.165, 1.54) is 7.05 Å². The number of nitrogens with two attached hydrogens (primary N) is 1. The van der Waals surface area contributed by atoms with E-state index in [1.54, 1.807) is 6.92 Å². The van der Waals surface area contributed by atoms with Gasteiger partial charge in [0.05, 0.1) is 5.75 Å². The number of benzene rings is 1. The number of hydrogen-bond acceptors (Lipinski definition) is 5. The van der Waals surface area contributed by atoms with Crippen LogP contribution in [0, 0.1) is 5.92 Å². The maximum Gasteiger partial charge on any atom is 0.239 e. The number of aliphatic imine (C=N–C) groups is 1. The fourth-order valence-corrected chi connectivity index (χ4v) is 4.33. The fraction of sp³-hybridized carbons (Fsp3) is 0.500. The Hall–Kier alpha value is -1.89. The van der Waals surface area contributed by atoms with Crippen LogP contribution in [0.15, 0.2) is 29.3 Å². The molecule has 1 atom stereocenters. The molecule has 0 unspecified atom stereocenters. The van der Waals surface area contributed by atoms with Crippen LogP contribution in [-0.4, -0.2) is 37.3 Å². The highest BCUT2D eigenvalue weighted by atomic mass is 32.2. The molecule has 1 aliphatic carbocycles. The third kappa shape index (κ3) is 3.10. The van der Waals surface area contributed by atoms with Gasteiger partial charge in [0.25, 0.3) is 0 Å². The Morgan fingerprint density at radius 1 is 1.43 bits per heavy atom. The van der Waals surface area contributed by atoms with Crippen LogP contribution in [0.1, 0.15) is 30.9 Å². The molecule has 2 N–H and O–H groups in total. The van der Waals surface area contributed by atoms with Gasteiger partial charge in [-0.3, -0.25) is 4.79 Å². The molecule has 0 aromatic heterocycles. The lowest BCUT2D eigenvalue weighted by molar-refractivity contribution is -0.119. The number of nitrogens with zero attached hydrogens (tertiary/aromatic N) is 2. The van der Waals surface area contributed by atoms with Gasteiger partial charge in [-0.2, -0.15) is 0 Å². The summed E-state index contributed by atoms with van der Waals surface area (Å²) >= 11 is 0. The summed E-state index contributed by atoms with van der Waals surface area (Å²) in [6.45, 7) is 1.76. The third-order valence-corrected chi connectivity index (χ3v) is 6.47. The molecule has 7 heteroatoms. The first kappa shape index (κ1) is 16.0. The van der Waals surface area contributed by atoms with E-state index in [9.17, 15) is 13.2 Å². The summed E-state index contributed by atoms with van der Waals surface area (Å²) in [5.74, 6) is 0.313. The van der Waals surface area contributed by atoms with Crippen molar-refractivity contribution in [3.05, 3.63) is 35.4 Å². The molecule has 1 aromatic carbocycles. The summed E-state index contributed by atoms with van der Waals surface area (Å²) in [6.07, 6.45) is 2.36. The molecule has 124 valence electrons. The number of sulfonamides is 1. The second-order valence-corrected chi connectivity index (χ2v) is 8.59. The van der Waals surface area contributed by atoms with Crippen LogP contribution in [0.3, 0.4) is 0 Å². The molecular formula is C16H21N3O3S. The average Bonchev–Trinajstić information content (AvgIpc) is 3.29. The lowest BCUT2D eigenvalue weighted by Crippen LogP contribution is -2.50. The van der Waals surface area contributed by atoms with Crippen LogP contribution in [0.5, 0.6) is 0 Å². The van der Waals surface area contributed by atoms with Crippen molar-refractivity contribution in [3.63, 3.8) is 0 Å². The van der Waals surface area contributed by atoms with Crippen molar-refractivity contribution >= 4 is 21.8 Å². The molecule has 1 aliphatic heterocycles. The zero-order chi connectivity index (χ0) is 16.8. The van der Waals surface area contributed by atoms with E-state index in [4.69, 9.17) is 5.73 Å². The maximum absolute atomic E-state index is 12.3. The second-order valence-electron chi connectivity index (χ2n) is 6.59. The highest BCUT2D eigenvalue weighted by Crippen LogP contribution is 2.33. The van der Waals surface area contributed by atoms with Crippen LogP contribution < -0.4 is 5.73 Å². The Morgan fingerprint density at radius 3 is 2.74 bits per heavy atom. The number of guanidine groups is 1. The molecule has 2 aliphatic rings. The number of Topliss-reactive ketones (excluding diaryl/α,β-unsaturated/α-hetero) is 1. The molecular weight excluding hydrogens is 314 g/mol. The number of carbonyl (C=O) groups excluding carboxylic acids is 1. The first-order valence-electron chi connectivity index (χ1n) is 7.65. The van der Waals surface area contributed by atoms with Crippen molar-refractivity contribution in [1.29, 1.82) is 0 Å². The number of rotatable bonds is 4. The molecule has 1 aromatic rings. The SMILES string of the molecule is CN1C(N)=N[C@](C)(c2cccc(CC(=O)C3CC3)c2)CS1(=O)=O. The summed E-state index contributed by atoms with van der Waals surface area (Å²) in [7, 11) is -2.09. The van der Waals surface area contributed by atoms with Crippen molar-refractivity contribution in [3.8, 4) is 0 Å². The predicted octanol–water partition coefficient (Wildman–Crippen LogP) is 1.01. The maximum atomic E-state index is 12.3. The molecule has 1 saturated carbocycles. The first-order valence-corrected chi connectivity index (χ1v) is 9.26. The molecule has 0 bridgehead atoms. The molecule has 3 rings (SSSR count). The van der Waals surface area contributed by atoms with Gasteiger partial charge in [-0.25, -0.2) is 17.7 Å². The van der Waals surface area contributed by atoms with Crippen molar-refractivity contribution in [2.24, 2.45) is 16.6 Å². The number of carbonyl (C=O) groups is 1. The van der Waals surface area contributed by atoms with Crippen LogP contribution in [-0.2, 0) is 26.8 Å². The summed E-state index contributed by atoms with van der Waals surface area (Å²) in [4.78, 5) is 16.4. The van der Waals surface area contributed by atoms with Crippen LogP contribution >= 0.6 is 0 Å². The van der Waals surface area contributed by atoms with Crippen molar-refractivity contribution in [2.75, 3.05) is 12.8 Å². The van der Waals surface area contributed by atoms with E-state index in [0.29, 0.717) is 6.42 Å².